The zero-order valence-corrected chi connectivity index (χ0v) is 13.3. The van der Waals surface area contributed by atoms with Crippen molar-refractivity contribution < 1.29 is 13.2 Å². The number of hydrogen-bond acceptors (Lipinski definition) is 3. The molecule has 1 atom stereocenters. The number of carbonyl (C=O) groups excluding carboxylic acids is 1. The van der Waals surface area contributed by atoms with Crippen molar-refractivity contribution in [2.75, 3.05) is 12.0 Å². The zero-order chi connectivity index (χ0) is 14.9. The van der Waals surface area contributed by atoms with E-state index in [1.807, 2.05) is 6.07 Å². The molecule has 0 unspecified atom stereocenters. The third kappa shape index (κ3) is 3.65. The van der Waals surface area contributed by atoms with Crippen LogP contribution in [0.5, 0.6) is 0 Å². The topological polar surface area (TPSA) is 63.2 Å². The van der Waals surface area contributed by atoms with Gasteiger partial charge in [-0.2, -0.15) is 0 Å². The number of sulfone groups is 1. The highest BCUT2D eigenvalue weighted by Gasteiger charge is 2.26. The fourth-order valence-electron chi connectivity index (χ4n) is 2.33. The Morgan fingerprint density at radius 1 is 1.40 bits per heavy atom. The predicted octanol–water partition coefficient (Wildman–Crippen LogP) is 2.53. The summed E-state index contributed by atoms with van der Waals surface area (Å²) in [4.78, 5) is 11.8. The van der Waals surface area contributed by atoms with Crippen molar-refractivity contribution >= 4 is 38.9 Å². The van der Waals surface area contributed by atoms with E-state index >= 15 is 0 Å². The van der Waals surface area contributed by atoms with Gasteiger partial charge in [0.1, 0.15) is 9.84 Å². The Balaban J connectivity index is 2.04. The predicted molar refractivity (Wildman–Crippen MR) is 80.0 cm³/mol. The molecular formula is C13H15Cl2NO3S. The van der Waals surface area contributed by atoms with Crippen LogP contribution in [0, 0.1) is 0 Å². The minimum atomic E-state index is -3.13. The highest BCUT2D eigenvalue weighted by molar-refractivity contribution is 7.90. The first-order chi connectivity index (χ1) is 9.28. The second-order valence-electron chi connectivity index (χ2n) is 4.97. The fraction of sp³-hybridized carbons (Fsp3) is 0.462. The monoisotopic (exact) mass is 335 g/mol. The molecule has 1 aromatic carbocycles. The van der Waals surface area contributed by atoms with Gasteiger partial charge in [0.15, 0.2) is 0 Å². The molecule has 0 saturated heterocycles. The van der Waals surface area contributed by atoms with Crippen LogP contribution < -0.4 is 5.32 Å². The summed E-state index contributed by atoms with van der Waals surface area (Å²) in [5.41, 5.74) is 1.93. The molecule has 1 aliphatic carbocycles. The summed E-state index contributed by atoms with van der Waals surface area (Å²) < 4.78 is 22.1. The summed E-state index contributed by atoms with van der Waals surface area (Å²) >= 11 is 12.1. The molecule has 1 amide bonds. The largest absolute Gasteiger partial charge is 0.349 e. The van der Waals surface area contributed by atoms with Crippen LogP contribution in [0.15, 0.2) is 12.1 Å². The van der Waals surface area contributed by atoms with Crippen molar-refractivity contribution in [1.82, 2.24) is 5.32 Å². The molecule has 1 aliphatic rings. The SMILES string of the molecule is CS(=O)(=O)CCC(=O)N[C@H]1CCc2c1ccc(Cl)c2Cl. The molecule has 2 rings (SSSR count). The summed E-state index contributed by atoms with van der Waals surface area (Å²) in [6.45, 7) is 0. The lowest BCUT2D eigenvalue weighted by Crippen LogP contribution is -2.28. The average Bonchev–Trinajstić information content (AvgIpc) is 2.74. The van der Waals surface area contributed by atoms with Crippen LogP contribution >= 0.6 is 23.2 Å². The second kappa shape index (κ2) is 5.92. The normalized spacial score (nSPS) is 17.9. The summed E-state index contributed by atoms with van der Waals surface area (Å²) in [6, 6.07) is 3.45. The van der Waals surface area contributed by atoms with Crippen LogP contribution in [0.2, 0.25) is 10.0 Å². The maximum absolute atomic E-state index is 11.8. The lowest BCUT2D eigenvalue weighted by Gasteiger charge is -2.14. The van der Waals surface area contributed by atoms with Gasteiger partial charge >= 0.3 is 0 Å². The summed E-state index contributed by atoms with van der Waals surface area (Å²) in [5.74, 6) is -0.404. The van der Waals surface area contributed by atoms with Crippen LogP contribution in [0.1, 0.15) is 30.0 Å². The van der Waals surface area contributed by atoms with E-state index < -0.39 is 9.84 Å². The number of nitrogens with one attached hydrogen (secondary N) is 1. The van der Waals surface area contributed by atoms with Gasteiger partial charge in [0.2, 0.25) is 5.91 Å². The molecule has 20 heavy (non-hydrogen) atoms. The maximum atomic E-state index is 11.8. The number of rotatable bonds is 4. The van der Waals surface area contributed by atoms with E-state index in [1.165, 1.54) is 0 Å². The zero-order valence-electron chi connectivity index (χ0n) is 10.9. The quantitative estimate of drug-likeness (QED) is 0.919. The van der Waals surface area contributed by atoms with Crippen molar-refractivity contribution in [2.45, 2.75) is 25.3 Å². The van der Waals surface area contributed by atoms with Crippen molar-refractivity contribution in [3.8, 4) is 0 Å². The highest BCUT2D eigenvalue weighted by Crippen LogP contribution is 2.39. The molecule has 0 radical (unpaired) electrons. The maximum Gasteiger partial charge on any atom is 0.221 e. The van der Waals surface area contributed by atoms with Crippen molar-refractivity contribution in [3.05, 3.63) is 33.3 Å². The molecule has 0 heterocycles. The molecule has 1 aromatic rings. The molecule has 1 N–H and O–H groups in total. The lowest BCUT2D eigenvalue weighted by molar-refractivity contribution is -0.121. The number of carbonyl (C=O) groups is 1. The minimum Gasteiger partial charge on any atom is -0.349 e. The standard InChI is InChI=1S/C13H15Cl2NO3S/c1-20(18,19)7-6-12(17)16-11-5-3-9-8(11)2-4-10(14)13(9)15/h2,4,11H,3,5-7H2,1H3,(H,16,17)/t11-/m0/s1. The average molecular weight is 336 g/mol. The Hall–Kier alpha value is -0.780. The van der Waals surface area contributed by atoms with Crippen molar-refractivity contribution in [2.24, 2.45) is 0 Å². The Bertz CT molecular complexity index is 643. The number of amides is 1. The minimum absolute atomic E-state index is 0.0218. The third-order valence-electron chi connectivity index (χ3n) is 3.33. The number of halogens is 2. The van der Waals surface area contributed by atoms with Gasteiger partial charge in [-0.15, -0.1) is 0 Å². The van der Waals surface area contributed by atoms with Gasteiger partial charge in [0.25, 0.3) is 0 Å². The molecule has 0 bridgehead atoms. The Morgan fingerprint density at radius 3 is 2.75 bits per heavy atom. The van der Waals surface area contributed by atoms with E-state index in [1.54, 1.807) is 6.07 Å². The smallest absolute Gasteiger partial charge is 0.221 e. The Labute approximate surface area is 128 Å². The Kier molecular flexibility index (Phi) is 4.62. The second-order valence-corrected chi connectivity index (χ2v) is 8.01. The van der Waals surface area contributed by atoms with Gasteiger partial charge in [0, 0.05) is 12.7 Å². The van der Waals surface area contributed by atoms with E-state index in [0.717, 1.165) is 30.2 Å². The molecule has 110 valence electrons. The summed E-state index contributed by atoms with van der Waals surface area (Å²) in [6.07, 6.45) is 2.60. The third-order valence-corrected chi connectivity index (χ3v) is 5.12. The summed E-state index contributed by atoms with van der Waals surface area (Å²) in [7, 11) is -3.13. The van der Waals surface area contributed by atoms with Gasteiger partial charge < -0.3 is 5.32 Å². The van der Waals surface area contributed by atoms with Gasteiger partial charge in [-0.1, -0.05) is 29.3 Å². The van der Waals surface area contributed by atoms with Crippen molar-refractivity contribution in [1.29, 1.82) is 0 Å². The first-order valence-electron chi connectivity index (χ1n) is 6.22. The van der Waals surface area contributed by atoms with Gasteiger partial charge in [-0.3, -0.25) is 4.79 Å². The first kappa shape index (κ1) is 15.6. The molecule has 7 heteroatoms. The molecule has 0 aromatic heterocycles. The van der Waals surface area contributed by atoms with Crippen LogP contribution in [-0.2, 0) is 21.1 Å². The molecule has 0 fully saturated rings. The van der Waals surface area contributed by atoms with E-state index in [2.05, 4.69) is 5.32 Å². The van der Waals surface area contributed by atoms with E-state index in [-0.39, 0.29) is 24.1 Å². The van der Waals surface area contributed by atoms with Crippen LogP contribution in [0.3, 0.4) is 0 Å². The molecule has 0 aliphatic heterocycles. The van der Waals surface area contributed by atoms with E-state index in [4.69, 9.17) is 23.2 Å². The van der Waals surface area contributed by atoms with Gasteiger partial charge in [-0.25, -0.2) is 8.42 Å². The number of benzene rings is 1. The van der Waals surface area contributed by atoms with Gasteiger partial charge in [0.05, 0.1) is 21.8 Å². The number of hydrogen-bond donors (Lipinski definition) is 1. The Morgan fingerprint density at radius 2 is 2.10 bits per heavy atom. The highest BCUT2D eigenvalue weighted by atomic mass is 35.5. The van der Waals surface area contributed by atoms with Crippen LogP contribution in [-0.4, -0.2) is 26.3 Å². The molecular weight excluding hydrogens is 321 g/mol. The lowest BCUT2D eigenvalue weighted by atomic mass is 10.1. The fourth-order valence-corrected chi connectivity index (χ4v) is 3.33. The first-order valence-corrected chi connectivity index (χ1v) is 9.03. The van der Waals surface area contributed by atoms with Crippen molar-refractivity contribution in [3.63, 3.8) is 0 Å². The number of fused-ring (bicyclic) bond motifs is 1. The molecule has 0 saturated carbocycles. The summed E-state index contributed by atoms with van der Waals surface area (Å²) in [5, 5.41) is 3.90. The van der Waals surface area contributed by atoms with E-state index in [0.29, 0.717) is 10.0 Å². The molecule has 4 nitrogen and oxygen atoms in total. The van der Waals surface area contributed by atoms with Crippen LogP contribution in [0.25, 0.3) is 0 Å². The molecule has 0 spiro atoms. The van der Waals surface area contributed by atoms with Crippen LogP contribution in [0.4, 0.5) is 0 Å². The van der Waals surface area contributed by atoms with E-state index in [9.17, 15) is 13.2 Å². The van der Waals surface area contributed by atoms with Gasteiger partial charge in [-0.05, 0) is 30.0 Å².